The molecule has 134 valence electrons. The lowest BCUT2D eigenvalue weighted by Gasteiger charge is -2.14. The van der Waals surface area contributed by atoms with E-state index in [-0.39, 0.29) is 12.0 Å². The summed E-state index contributed by atoms with van der Waals surface area (Å²) in [5.74, 6) is 0.812. The molecule has 2 rings (SSSR count). The number of nitrogens with zero attached hydrogens (tertiary/aromatic N) is 2. The van der Waals surface area contributed by atoms with Gasteiger partial charge in [0.15, 0.2) is 0 Å². The van der Waals surface area contributed by atoms with Crippen molar-refractivity contribution in [3.8, 4) is 5.75 Å². The van der Waals surface area contributed by atoms with Gasteiger partial charge in [-0.15, -0.1) is 0 Å². The van der Waals surface area contributed by atoms with Crippen LogP contribution in [0.5, 0.6) is 5.75 Å². The fraction of sp³-hybridized carbons (Fsp3) is 0.421. The summed E-state index contributed by atoms with van der Waals surface area (Å²) in [6.45, 7) is 6.84. The van der Waals surface area contributed by atoms with Gasteiger partial charge in [-0.25, -0.2) is 9.97 Å². The maximum atomic E-state index is 12.5. The van der Waals surface area contributed by atoms with Crippen molar-refractivity contribution in [2.75, 3.05) is 17.2 Å². The molecule has 0 radical (unpaired) electrons. The molecule has 2 N–H and O–H groups in total. The van der Waals surface area contributed by atoms with Gasteiger partial charge in [0.25, 0.3) is 5.91 Å². The number of anilines is 2. The summed E-state index contributed by atoms with van der Waals surface area (Å²) in [7, 11) is 0. The first-order valence-corrected chi connectivity index (χ1v) is 8.74. The predicted octanol–water partition coefficient (Wildman–Crippen LogP) is 4.12. The van der Waals surface area contributed by atoms with Gasteiger partial charge < -0.3 is 15.4 Å². The average molecular weight is 342 g/mol. The van der Waals surface area contributed by atoms with E-state index in [0.29, 0.717) is 23.1 Å². The molecule has 0 aliphatic carbocycles. The number of hydrogen-bond acceptors (Lipinski definition) is 5. The Morgan fingerprint density at radius 2 is 2.00 bits per heavy atom. The van der Waals surface area contributed by atoms with Crippen LogP contribution >= 0.6 is 0 Å². The Bertz CT molecular complexity index is 689. The molecule has 6 heteroatoms. The molecule has 0 aliphatic heterocycles. The molecule has 0 unspecified atom stereocenters. The molecule has 1 aromatic carbocycles. The Labute approximate surface area is 149 Å². The summed E-state index contributed by atoms with van der Waals surface area (Å²) in [4.78, 5) is 20.9. The molecule has 25 heavy (non-hydrogen) atoms. The summed E-state index contributed by atoms with van der Waals surface area (Å²) in [5, 5.41) is 6.00. The summed E-state index contributed by atoms with van der Waals surface area (Å²) in [6, 6.07) is 8.95. The van der Waals surface area contributed by atoms with Crippen LogP contribution in [-0.2, 0) is 0 Å². The number of carbonyl (C=O) groups is 1. The van der Waals surface area contributed by atoms with Gasteiger partial charge in [0.2, 0.25) is 5.95 Å². The molecule has 0 spiro atoms. The standard InChI is InChI=1S/C19H26N4O2/c1-4-5-8-12-20-19-21-13-11-16(23-19)18(24)22-15-9-6-7-10-17(15)25-14(2)3/h6-7,9-11,13-14H,4-5,8,12H2,1-3H3,(H,22,24)(H,20,21,23). The maximum Gasteiger partial charge on any atom is 0.274 e. The molecule has 1 heterocycles. The average Bonchev–Trinajstić information content (AvgIpc) is 2.60. The summed E-state index contributed by atoms with van der Waals surface area (Å²) >= 11 is 0. The molecular weight excluding hydrogens is 316 g/mol. The topological polar surface area (TPSA) is 76.1 Å². The van der Waals surface area contributed by atoms with E-state index in [1.54, 1.807) is 18.3 Å². The van der Waals surface area contributed by atoms with Crippen LogP contribution in [-0.4, -0.2) is 28.5 Å². The van der Waals surface area contributed by atoms with E-state index < -0.39 is 0 Å². The number of amides is 1. The fourth-order valence-electron chi connectivity index (χ4n) is 2.26. The van der Waals surface area contributed by atoms with Gasteiger partial charge in [-0.2, -0.15) is 0 Å². The van der Waals surface area contributed by atoms with Crippen LogP contribution in [0.3, 0.4) is 0 Å². The van der Waals surface area contributed by atoms with Crippen LogP contribution in [0.4, 0.5) is 11.6 Å². The molecule has 6 nitrogen and oxygen atoms in total. The van der Waals surface area contributed by atoms with E-state index in [0.717, 1.165) is 25.8 Å². The normalized spacial score (nSPS) is 10.6. The zero-order valence-corrected chi connectivity index (χ0v) is 15.1. The number of hydrogen-bond donors (Lipinski definition) is 2. The van der Waals surface area contributed by atoms with Crippen molar-refractivity contribution in [2.24, 2.45) is 0 Å². The van der Waals surface area contributed by atoms with Crippen molar-refractivity contribution in [3.63, 3.8) is 0 Å². The van der Waals surface area contributed by atoms with Gasteiger partial charge in [0.1, 0.15) is 11.4 Å². The largest absolute Gasteiger partial charge is 0.489 e. The van der Waals surface area contributed by atoms with Crippen LogP contribution in [0.1, 0.15) is 50.5 Å². The van der Waals surface area contributed by atoms with Crippen LogP contribution in [0, 0.1) is 0 Å². The lowest BCUT2D eigenvalue weighted by molar-refractivity contribution is 0.102. The Morgan fingerprint density at radius 3 is 2.76 bits per heavy atom. The first-order valence-electron chi connectivity index (χ1n) is 8.74. The van der Waals surface area contributed by atoms with Crippen molar-refractivity contribution in [1.82, 2.24) is 9.97 Å². The van der Waals surface area contributed by atoms with Gasteiger partial charge in [0, 0.05) is 12.7 Å². The third-order valence-corrected chi connectivity index (χ3v) is 3.45. The number of rotatable bonds is 9. The number of unbranched alkanes of at least 4 members (excludes halogenated alkanes) is 2. The Balaban J connectivity index is 2.04. The molecule has 0 saturated carbocycles. The Hall–Kier alpha value is -2.63. The molecular formula is C19H26N4O2. The van der Waals surface area contributed by atoms with E-state index in [9.17, 15) is 4.79 Å². The number of aromatic nitrogens is 2. The second-order valence-corrected chi connectivity index (χ2v) is 6.02. The highest BCUT2D eigenvalue weighted by atomic mass is 16.5. The minimum absolute atomic E-state index is 0.0241. The highest BCUT2D eigenvalue weighted by molar-refractivity contribution is 6.03. The minimum atomic E-state index is -0.293. The predicted molar refractivity (Wildman–Crippen MR) is 100 cm³/mol. The maximum absolute atomic E-state index is 12.5. The van der Waals surface area contributed by atoms with Gasteiger partial charge in [-0.1, -0.05) is 31.9 Å². The lowest BCUT2D eigenvalue weighted by atomic mass is 10.2. The number of para-hydroxylation sites is 2. The first-order chi connectivity index (χ1) is 12.1. The van der Waals surface area contributed by atoms with E-state index >= 15 is 0 Å². The van der Waals surface area contributed by atoms with Crippen molar-refractivity contribution in [1.29, 1.82) is 0 Å². The van der Waals surface area contributed by atoms with Crippen molar-refractivity contribution >= 4 is 17.5 Å². The highest BCUT2D eigenvalue weighted by Crippen LogP contribution is 2.25. The van der Waals surface area contributed by atoms with Gasteiger partial charge in [-0.3, -0.25) is 4.79 Å². The van der Waals surface area contributed by atoms with Crippen LogP contribution in [0.25, 0.3) is 0 Å². The number of ether oxygens (including phenoxy) is 1. The lowest BCUT2D eigenvalue weighted by Crippen LogP contribution is -2.17. The smallest absolute Gasteiger partial charge is 0.274 e. The molecule has 0 saturated heterocycles. The monoisotopic (exact) mass is 342 g/mol. The number of carbonyl (C=O) groups excluding carboxylic acids is 1. The quantitative estimate of drug-likeness (QED) is 0.671. The van der Waals surface area contributed by atoms with Gasteiger partial charge in [-0.05, 0) is 38.5 Å². The van der Waals surface area contributed by atoms with Crippen LogP contribution in [0.2, 0.25) is 0 Å². The van der Waals surface area contributed by atoms with Crippen molar-refractivity contribution < 1.29 is 9.53 Å². The number of benzene rings is 1. The second-order valence-electron chi connectivity index (χ2n) is 6.02. The van der Waals surface area contributed by atoms with E-state index in [4.69, 9.17) is 4.74 Å². The fourth-order valence-corrected chi connectivity index (χ4v) is 2.26. The molecule has 0 fully saturated rings. The van der Waals surface area contributed by atoms with Crippen molar-refractivity contribution in [3.05, 3.63) is 42.2 Å². The van der Waals surface area contributed by atoms with E-state index in [1.165, 1.54) is 0 Å². The van der Waals surface area contributed by atoms with Gasteiger partial charge >= 0.3 is 0 Å². The van der Waals surface area contributed by atoms with Crippen molar-refractivity contribution in [2.45, 2.75) is 46.1 Å². The molecule has 0 bridgehead atoms. The summed E-state index contributed by atoms with van der Waals surface area (Å²) in [5.41, 5.74) is 0.935. The first kappa shape index (κ1) is 18.7. The summed E-state index contributed by atoms with van der Waals surface area (Å²) < 4.78 is 5.72. The summed E-state index contributed by atoms with van der Waals surface area (Å²) in [6.07, 6.45) is 4.97. The molecule has 1 amide bonds. The third-order valence-electron chi connectivity index (χ3n) is 3.45. The second kappa shape index (κ2) is 9.61. The SMILES string of the molecule is CCCCCNc1nccc(C(=O)Nc2ccccc2OC(C)C)n1. The molecule has 2 aromatic rings. The van der Waals surface area contributed by atoms with E-state index in [2.05, 4.69) is 27.5 Å². The van der Waals surface area contributed by atoms with Gasteiger partial charge in [0.05, 0.1) is 11.8 Å². The molecule has 0 aliphatic rings. The Kier molecular flexibility index (Phi) is 7.19. The Morgan fingerprint density at radius 1 is 1.20 bits per heavy atom. The van der Waals surface area contributed by atoms with Crippen LogP contribution < -0.4 is 15.4 Å². The number of nitrogens with one attached hydrogen (secondary N) is 2. The highest BCUT2D eigenvalue weighted by Gasteiger charge is 2.12. The third kappa shape index (κ3) is 6.06. The molecule has 1 aromatic heterocycles. The minimum Gasteiger partial charge on any atom is -0.489 e. The van der Waals surface area contributed by atoms with Crippen LogP contribution in [0.15, 0.2) is 36.5 Å². The molecule has 0 atom stereocenters. The van der Waals surface area contributed by atoms with E-state index in [1.807, 2.05) is 32.0 Å². The zero-order chi connectivity index (χ0) is 18.1. The zero-order valence-electron chi connectivity index (χ0n) is 15.1.